The molecule has 3 rings (SSSR count). The average Bonchev–Trinajstić information content (AvgIpc) is 2.96. The lowest BCUT2D eigenvalue weighted by Crippen LogP contribution is -2.44. The minimum atomic E-state index is -0.186. The highest BCUT2D eigenvalue weighted by molar-refractivity contribution is 5.96. The van der Waals surface area contributed by atoms with Gasteiger partial charge in [0.2, 0.25) is 5.91 Å². The quantitative estimate of drug-likeness (QED) is 0.866. The van der Waals surface area contributed by atoms with Gasteiger partial charge in [-0.2, -0.15) is 5.10 Å². The molecule has 0 radical (unpaired) electrons. The van der Waals surface area contributed by atoms with Crippen LogP contribution >= 0.6 is 12.4 Å². The fourth-order valence-electron chi connectivity index (χ4n) is 3.43. The minimum Gasteiger partial charge on any atom is -0.323 e. The Hall–Kier alpha value is -1.07. The van der Waals surface area contributed by atoms with Crippen molar-refractivity contribution in [2.75, 3.05) is 18.4 Å². The summed E-state index contributed by atoms with van der Waals surface area (Å²) < 4.78 is 1.71. The topological polar surface area (TPSA) is 59.0 Å². The van der Waals surface area contributed by atoms with Gasteiger partial charge < -0.3 is 10.6 Å². The number of carbonyl (C=O) groups is 1. The third kappa shape index (κ3) is 2.49. The van der Waals surface area contributed by atoms with E-state index < -0.39 is 0 Å². The van der Waals surface area contributed by atoms with Gasteiger partial charge in [-0.05, 0) is 25.3 Å². The molecule has 2 atom stereocenters. The van der Waals surface area contributed by atoms with Gasteiger partial charge >= 0.3 is 0 Å². The number of anilines is 1. The van der Waals surface area contributed by atoms with Gasteiger partial charge in [-0.15, -0.1) is 12.4 Å². The maximum Gasteiger partial charge on any atom is 0.232 e. The fourth-order valence-corrected chi connectivity index (χ4v) is 3.43. The first-order chi connectivity index (χ1) is 8.71. The van der Waals surface area contributed by atoms with E-state index in [-0.39, 0.29) is 23.7 Å². The van der Waals surface area contributed by atoms with E-state index in [0.717, 1.165) is 25.2 Å². The maximum atomic E-state index is 12.6. The highest BCUT2D eigenvalue weighted by Crippen LogP contribution is 2.44. The Balaban J connectivity index is 0.00000133. The second-order valence-corrected chi connectivity index (χ2v) is 5.59. The number of nitrogens with zero attached hydrogens (tertiary/aromatic N) is 2. The zero-order valence-corrected chi connectivity index (χ0v) is 12.0. The van der Waals surface area contributed by atoms with E-state index >= 15 is 0 Å². The Labute approximate surface area is 119 Å². The number of aryl methyl sites for hydroxylation is 1. The Bertz CT molecular complexity index is 461. The highest BCUT2D eigenvalue weighted by atomic mass is 35.5. The minimum absolute atomic E-state index is 0. The molecule has 2 N–H and O–H groups in total. The highest BCUT2D eigenvalue weighted by Gasteiger charge is 2.49. The standard InChI is InChI=1S/C13H20N4O.ClH/c1-17-8-11(7-15-17)16-12(18)13-5-3-2-4-10(13)6-14-9-13;/h7-8,10,14H,2-6,9H2,1H3,(H,16,18);1H/t10-,13+;/m0./s1. The van der Waals surface area contributed by atoms with Crippen LogP contribution in [0.3, 0.4) is 0 Å². The molecule has 0 aromatic carbocycles. The number of halogens is 1. The molecule has 1 aromatic heterocycles. The normalized spacial score (nSPS) is 29.4. The molecule has 0 unspecified atom stereocenters. The van der Waals surface area contributed by atoms with Crippen LogP contribution in [0, 0.1) is 11.3 Å². The molecule has 5 nitrogen and oxygen atoms in total. The van der Waals surface area contributed by atoms with E-state index in [1.807, 2.05) is 13.2 Å². The molecular weight excluding hydrogens is 264 g/mol. The van der Waals surface area contributed by atoms with E-state index in [1.165, 1.54) is 19.3 Å². The van der Waals surface area contributed by atoms with Gasteiger partial charge in [-0.1, -0.05) is 12.8 Å². The van der Waals surface area contributed by atoms with E-state index in [9.17, 15) is 4.79 Å². The van der Waals surface area contributed by atoms with Crippen molar-refractivity contribution in [2.24, 2.45) is 18.4 Å². The lowest BCUT2D eigenvalue weighted by molar-refractivity contribution is -0.128. The summed E-state index contributed by atoms with van der Waals surface area (Å²) in [5.74, 6) is 0.674. The number of fused-ring (bicyclic) bond motifs is 1. The third-order valence-electron chi connectivity index (χ3n) is 4.45. The molecule has 0 bridgehead atoms. The van der Waals surface area contributed by atoms with Crippen molar-refractivity contribution in [3.63, 3.8) is 0 Å². The van der Waals surface area contributed by atoms with Gasteiger partial charge in [0.1, 0.15) is 0 Å². The number of carbonyl (C=O) groups excluding carboxylic acids is 1. The van der Waals surface area contributed by atoms with Crippen LogP contribution in [0.1, 0.15) is 25.7 Å². The predicted octanol–water partition coefficient (Wildman–Crippen LogP) is 1.56. The van der Waals surface area contributed by atoms with Crippen molar-refractivity contribution in [3.8, 4) is 0 Å². The van der Waals surface area contributed by atoms with Crippen LogP contribution in [0.4, 0.5) is 5.69 Å². The summed E-state index contributed by atoms with van der Waals surface area (Å²) in [6.07, 6.45) is 8.15. The largest absolute Gasteiger partial charge is 0.323 e. The van der Waals surface area contributed by atoms with Gasteiger partial charge in [0, 0.05) is 19.8 Å². The van der Waals surface area contributed by atoms with E-state index in [4.69, 9.17) is 0 Å². The molecule has 2 fully saturated rings. The van der Waals surface area contributed by atoms with Crippen LogP contribution in [0.2, 0.25) is 0 Å². The van der Waals surface area contributed by atoms with Crippen LogP contribution in [-0.4, -0.2) is 28.8 Å². The number of nitrogens with one attached hydrogen (secondary N) is 2. The number of aromatic nitrogens is 2. The number of hydrogen-bond donors (Lipinski definition) is 2. The van der Waals surface area contributed by atoms with Gasteiger partial charge in [0.25, 0.3) is 0 Å². The van der Waals surface area contributed by atoms with E-state index in [0.29, 0.717) is 5.92 Å². The molecule has 2 heterocycles. The second kappa shape index (κ2) is 5.51. The first-order valence-electron chi connectivity index (χ1n) is 6.71. The predicted molar refractivity (Wildman–Crippen MR) is 76.3 cm³/mol. The zero-order valence-electron chi connectivity index (χ0n) is 11.2. The van der Waals surface area contributed by atoms with Crippen molar-refractivity contribution < 1.29 is 4.79 Å². The van der Waals surface area contributed by atoms with Crippen molar-refractivity contribution in [3.05, 3.63) is 12.4 Å². The summed E-state index contributed by atoms with van der Waals surface area (Å²) in [7, 11) is 1.86. The molecule has 1 saturated heterocycles. The molecule has 19 heavy (non-hydrogen) atoms. The summed E-state index contributed by atoms with van der Waals surface area (Å²) >= 11 is 0. The van der Waals surface area contributed by atoms with Crippen molar-refractivity contribution in [2.45, 2.75) is 25.7 Å². The number of rotatable bonds is 2. The fraction of sp³-hybridized carbons (Fsp3) is 0.692. The van der Waals surface area contributed by atoms with Gasteiger partial charge in [-0.25, -0.2) is 0 Å². The summed E-state index contributed by atoms with van der Waals surface area (Å²) in [6.45, 7) is 1.81. The number of amides is 1. The summed E-state index contributed by atoms with van der Waals surface area (Å²) in [6, 6.07) is 0. The zero-order chi connectivity index (χ0) is 12.6. The third-order valence-corrected chi connectivity index (χ3v) is 4.45. The molecule has 2 aliphatic rings. The Morgan fingerprint density at radius 1 is 1.58 bits per heavy atom. The first-order valence-corrected chi connectivity index (χ1v) is 6.71. The Kier molecular flexibility index (Phi) is 4.16. The summed E-state index contributed by atoms with van der Waals surface area (Å²) in [4.78, 5) is 12.6. The van der Waals surface area contributed by atoms with Crippen molar-refractivity contribution in [1.29, 1.82) is 0 Å². The lowest BCUT2D eigenvalue weighted by Gasteiger charge is -2.36. The first kappa shape index (κ1) is 14.3. The SMILES string of the molecule is Cl.Cn1cc(NC(=O)[C@@]23CCCC[C@H]2CNC3)cn1. The molecule has 1 aliphatic heterocycles. The molecule has 1 amide bonds. The average molecular weight is 285 g/mol. The van der Waals surface area contributed by atoms with Crippen LogP contribution < -0.4 is 10.6 Å². The maximum absolute atomic E-state index is 12.6. The van der Waals surface area contributed by atoms with E-state index in [1.54, 1.807) is 10.9 Å². The molecule has 6 heteroatoms. The monoisotopic (exact) mass is 284 g/mol. The molecular formula is C13H21ClN4O. The van der Waals surface area contributed by atoms with Crippen LogP contribution in [-0.2, 0) is 11.8 Å². The van der Waals surface area contributed by atoms with Crippen LogP contribution in [0.15, 0.2) is 12.4 Å². The van der Waals surface area contributed by atoms with Gasteiger partial charge in [0.05, 0.1) is 17.3 Å². The van der Waals surface area contributed by atoms with Crippen molar-refractivity contribution >= 4 is 24.0 Å². The molecule has 1 aromatic rings. The Morgan fingerprint density at radius 3 is 3.16 bits per heavy atom. The number of hydrogen-bond acceptors (Lipinski definition) is 3. The molecule has 1 aliphatic carbocycles. The molecule has 0 spiro atoms. The molecule has 106 valence electrons. The van der Waals surface area contributed by atoms with Crippen molar-refractivity contribution in [1.82, 2.24) is 15.1 Å². The van der Waals surface area contributed by atoms with Gasteiger partial charge in [-0.3, -0.25) is 9.48 Å². The van der Waals surface area contributed by atoms with Crippen LogP contribution in [0.25, 0.3) is 0 Å². The van der Waals surface area contributed by atoms with Gasteiger partial charge in [0.15, 0.2) is 0 Å². The van der Waals surface area contributed by atoms with Crippen LogP contribution in [0.5, 0.6) is 0 Å². The Morgan fingerprint density at radius 2 is 2.42 bits per heavy atom. The molecule has 1 saturated carbocycles. The summed E-state index contributed by atoms with van der Waals surface area (Å²) in [5, 5.41) is 10.5. The smallest absolute Gasteiger partial charge is 0.232 e. The second-order valence-electron chi connectivity index (χ2n) is 5.59. The van der Waals surface area contributed by atoms with E-state index in [2.05, 4.69) is 15.7 Å². The lowest BCUT2D eigenvalue weighted by atomic mass is 9.67. The summed E-state index contributed by atoms with van der Waals surface area (Å²) in [5.41, 5.74) is 0.613.